The number of hydrogen-bond acceptors (Lipinski definition) is 5. The van der Waals surface area contributed by atoms with E-state index in [-0.39, 0.29) is 23.0 Å². The normalized spacial score (nSPS) is 13.3. The van der Waals surface area contributed by atoms with Crippen molar-refractivity contribution in [3.8, 4) is 10.6 Å². The average Bonchev–Trinajstić information content (AvgIpc) is 3.39. The molecule has 0 radical (unpaired) electrons. The van der Waals surface area contributed by atoms with E-state index in [1.807, 2.05) is 28.6 Å². The van der Waals surface area contributed by atoms with Crippen LogP contribution in [0, 0.1) is 30.2 Å². The van der Waals surface area contributed by atoms with Crippen molar-refractivity contribution < 1.29 is 18.4 Å². The Balaban J connectivity index is 1.55. The SMILES string of the molecule is Bc1c(C)c(P)c(F)c(-c2nc3oc(C=C4C(=O)c5cc(C)c(C)cc5C4=O)cc3s2)c1I. The lowest BCUT2D eigenvalue weighted by Gasteiger charge is -2.13. The Bertz CT molecular complexity index is 1480. The predicted octanol–water partition coefficient (Wildman–Crippen LogP) is 4.45. The minimum absolute atomic E-state index is 0.0824. The molecule has 0 N–H and O–H groups in total. The van der Waals surface area contributed by atoms with Gasteiger partial charge in [-0.3, -0.25) is 9.59 Å². The van der Waals surface area contributed by atoms with Gasteiger partial charge in [0.05, 0.1) is 15.8 Å². The molecule has 2 heterocycles. The molecule has 33 heavy (non-hydrogen) atoms. The number of benzene rings is 2. The van der Waals surface area contributed by atoms with E-state index in [0.29, 0.717) is 38.5 Å². The number of aromatic nitrogens is 1. The van der Waals surface area contributed by atoms with Crippen LogP contribution in [0.1, 0.15) is 43.2 Å². The second-order valence-corrected chi connectivity index (χ2v) is 10.9. The highest BCUT2D eigenvalue weighted by atomic mass is 127. The van der Waals surface area contributed by atoms with Gasteiger partial charge in [0.25, 0.3) is 0 Å². The summed E-state index contributed by atoms with van der Waals surface area (Å²) in [6, 6.07) is 5.26. The maximum absolute atomic E-state index is 15.1. The Kier molecular flexibility index (Phi) is 5.46. The monoisotopic (exact) mass is 587 g/mol. The number of fused-ring (bicyclic) bond motifs is 2. The van der Waals surface area contributed by atoms with E-state index in [9.17, 15) is 9.59 Å². The summed E-state index contributed by atoms with van der Waals surface area (Å²) < 4.78 is 22.4. The van der Waals surface area contributed by atoms with Crippen LogP contribution in [-0.4, -0.2) is 24.4 Å². The van der Waals surface area contributed by atoms with Gasteiger partial charge in [0.15, 0.2) is 11.6 Å². The standard InChI is InChI=1S/C24H17BFINO3PS/c1-8-4-12-13(5-9(8)2)21(30)14(20(12)29)6-11-7-15-23(31-11)28-24(33-15)16-18(26)22(32)10(3)17(25)19(16)27/h4-7H,25,32H2,1-3H3. The summed E-state index contributed by atoms with van der Waals surface area (Å²) in [6.07, 6.45) is 1.48. The number of Topliss-reactive ketones (excluding diaryl/α,β-unsaturated/α-hetero) is 2. The number of hydrogen-bond donors (Lipinski definition) is 0. The number of aryl methyl sites for hydroxylation is 2. The first-order chi connectivity index (χ1) is 15.6. The number of nitrogens with zero attached hydrogens (tertiary/aromatic N) is 1. The van der Waals surface area contributed by atoms with Crippen molar-refractivity contribution in [3.05, 3.63) is 66.7 Å². The molecule has 4 nitrogen and oxygen atoms in total. The third-order valence-electron chi connectivity index (χ3n) is 6.19. The van der Waals surface area contributed by atoms with E-state index in [0.717, 1.165) is 30.4 Å². The lowest BCUT2D eigenvalue weighted by atomic mass is 9.89. The van der Waals surface area contributed by atoms with Gasteiger partial charge in [-0.1, -0.05) is 5.46 Å². The molecule has 164 valence electrons. The van der Waals surface area contributed by atoms with Crippen LogP contribution < -0.4 is 10.8 Å². The molecule has 0 amide bonds. The number of carbonyl (C=O) groups is 2. The number of thiazole rings is 1. The molecule has 9 heteroatoms. The fourth-order valence-corrected chi connectivity index (χ4v) is 6.35. The minimum Gasteiger partial charge on any atom is -0.437 e. The van der Waals surface area contributed by atoms with E-state index >= 15 is 4.39 Å². The molecular formula is C24H17BFINO3PS. The topological polar surface area (TPSA) is 60.2 Å². The highest BCUT2D eigenvalue weighted by Gasteiger charge is 2.34. The summed E-state index contributed by atoms with van der Waals surface area (Å²) in [7, 11) is 4.44. The molecule has 1 aliphatic rings. The Morgan fingerprint density at radius 3 is 2.30 bits per heavy atom. The molecule has 1 aliphatic carbocycles. The summed E-state index contributed by atoms with van der Waals surface area (Å²) in [5, 5.41) is 1.06. The van der Waals surface area contributed by atoms with E-state index in [1.165, 1.54) is 17.4 Å². The molecular weight excluding hydrogens is 570 g/mol. The second kappa shape index (κ2) is 7.96. The van der Waals surface area contributed by atoms with Crippen LogP contribution in [0.15, 0.2) is 28.2 Å². The van der Waals surface area contributed by atoms with E-state index in [1.54, 1.807) is 18.2 Å². The van der Waals surface area contributed by atoms with Gasteiger partial charge in [0.2, 0.25) is 5.71 Å². The molecule has 0 spiro atoms. The number of ketones is 2. The summed E-state index contributed by atoms with van der Waals surface area (Å²) in [4.78, 5) is 30.2. The fraction of sp³-hybridized carbons (Fsp3) is 0.125. The van der Waals surface area contributed by atoms with Crippen molar-refractivity contribution in [1.29, 1.82) is 0 Å². The number of halogens is 2. The highest BCUT2D eigenvalue weighted by molar-refractivity contribution is 14.1. The quantitative estimate of drug-likeness (QED) is 0.115. The molecule has 1 atom stereocenters. The number of furan rings is 1. The summed E-state index contributed by atoms with van der Waals surface area (Å²) in [5.41, 5.74) is 5.59. The van der Waals surface area contributed by atoms with Gasteiger partial charge in [0, 0.05) is 26.1 Å². The molecule has 1 unspecified atom stereocenters. The second-order valence-electron chi connectivity index (χ2n) is 8.20. The van der Waals surface area contributed by atoms with Crippen LogP contribution in [0.25, 0.3) is 27.1 Å². The van der Waals surface area contributed by atoms with Crippen molar-refractivity contribution in [2.75, 3.05) is 0 Å². The van der Waals surface area contributed by atoms with E-state index in [2.05, 4.69) is 36.8 Å². The van der Waals surface area contributed by atoms with Gasteiger partial charge >= 0.3 is 0 Å². The minimum atomic E-state index is -0.309. The van der Waals surface area contributed by atoms with Gasteiger partial charge in [-0.2, -0.15) is 0 Å². The van der Waals surface area contributed by atoms with E-state index in [4.69, 9.17) is 4.42 Å². The van der Waals surface area contributed by atoms with Crippen molar-refractivity contribution in [2.45, 2.75) is 20.8 Å². The van der Waals surface area contributed by atoms with Crippen LogP contribution in [0.5, 0.6) is 0 Å². The van der Waals surface area contributed by atoms with Crippen LogP contribution in [0.4, 0.5) is 4.39 Å². The van der Waals surface area contributed by atoms with Gasteiger partial charge in [-0.15, -0.1) is 20.6 Å². The molecule has 0 aliphatic heterocycles. The van der Waals surface area contributed by atoms with E-state index < -0.39 is 0 Å². The highest BCUT2D eigenvalue weighted by Crippen LogP contribution is 2.37. The van der Waals surface area contributed by atoms with Crippen LogP contribution >= 0.6 is 43.2 Å². The number of allylic oxidation sites excluding steroid dienone is 1. The van der Waals surface area contributed by atoms with Crippen molar-refractivity contribution >= 4 is 89.8 Å². The van der Waals surface area contributed by atoms with Crippen molar-refractivity contribution in [1.82, 2.24) is 4.98 Å². The van der Waals surface area contributed by atoms with Gasteiger partial charge in [0.1, 0.15) is 24.4 Å². The fourth-order valence-electron chi connectivity index (χ4n) is 3.93. The predicted molar refractivity (Wildman–Crippen MR) is 145 cm³/mol. The zero-order valence-corrected chi connectivity index (χ0v) is 22.4. The number of carbonyl (C=O) groups excluding carboxylic acids is 2. The molecule has 2 aromatic carbocycles. The molecule has 0 saturated heterocycles. The molecule has 0 saturated carbocycles. The lowest BCUT2D eigenvalue weighted by Crippen LogP contribution is -2.23. The number of rotatable bonds is 2. The lowest BCUT2D eigenvalue weighted by molar-refractivity contribution is 0.0990. The molecule has 2 aromatic heterocycles. The summed E-state index contributed by atoms with van der Waals surface area (Å²) in [5.74, 6) is -0.538. The van der Waals surface area contributed by atoms with Crippen LogP contribution in [0.3, 0.4) is 0 Å². The van der Waals surface area contributed by atoms with Crippen LogP contribution in [0.2, 0.25) is 0 Å². The maximum atomic E-state index is 15.1. The molecule has 0 fully saturated rings. The third kappa shape index (κ3) is 3.45. The van der Waals surface area contributed by atoms with Crippen molar-refractivity contribution in [2.24, 2.45) is 0 Å². The Morgan fingerprint density at radius 1 is 1.12 bits per heavy atom. The zero-order valence-electron chi connectivity index (χ0n) is 18.2. The zero-order chi connectivity index (χ0) is 23.8. The Morgan fingerprint density at radius 2 is 1.73 bits per heavy atom. The largest absolute Gasteiger partial charge is 0.437 e. The van der Waals surface area contributed by atoms with Gasteiger partial charge in [-0.25, -0.2) is 9.37 Å². The maximum Gasteiger partial charge on any atom is 0.238 e. The molecule has 5 rings (SSSR count). The van der Waals surface area contributed by atoms with Gasteiger partial charge in [-0.05, 0) is 78.3 Å². The third-order valence-corrected chi connectivity index (χ3v) is 9.23. The smallest absolute Gasteiger partial charge is 0.238 e. The average molecular weight is 587 g/mol. The Hall–Kier alpha value is -2.16. The first-order valence-corrected chi connectivity index (χ1v) is 12.6. The summed E-state index contributed by atoms with van der Waals surface area (Å²) in [6.45, 7) is 5.73. The molecule has 0 bridgehead atoms. The Labute approximate surface area is 210 Å². The van der Waals surface area contributed by atoms with Crippen molar-refractivity contribution in [3.63, 3.8) is 0 Å². The summed E-state index contributed by atoms with van der Waals surface area (Å²) >= 11 is 3.47. The first kappa shape index (κ1) is 22.6. The first-order valence-electron chi connectivity index (χ1n) is 10.1. The van der Waals surface area contributed by atoms with Crippen LogP contribution in [-0.2, 0) is 0 Å². The van der Waals surface area contributed by atoms with Gasteiger partial charge < -0.3 is 4.42 Å². The molecule has 4 aromatic rings.